The van der Waals surface area contributed by atoms with Gasteiger partial charge in [0, 0.05) is 38.1 Å². The number of rotatable bonds is 5. The van der Waals surface area contributed by atoms with Crippen molar-refractivity contribution in [2.75, 3.05) is 37.6 Å². The first-order chi connectivity index (χ1) is 9.69. The van der Waals surface area contributed by atoms with Crippen molar-refractivity contribution in [3.8, 4) is 0 Å². The molecule has 5 nitrogen and oxygen atoms in total. The molecule has 1 aliphatic rings. The third-order valence-electron chi connectivity index (χ3n) is 4.00. The predicted molar refractivity (Wildman–Crippen MR) is 80.9 cm³/mol. The largest absolute Gasteiger partial charge is 0.371 e. The zero-order chi connectivity index (χ0) is 14.5. The molecule has 1 unspecified atom stereocenters. The van der Waals surface area contributed by atoms with Crippen LogP contribution in [0.4, 0.5) is 5.69 Å². The Labute approximate surface area is 120 Å². The van der Waals surface area contributed by atoms with E-state index < -0.39 is 0 Å². The molecule has 1 amide bonds. The van der Waals surface area contributed by atoms with Gasteiger partial charge in [-0.25, -0.2) is 0 Å². The Morgan fingerprint density at radius 2 is 2.25 bits per heavy atom. The third kappa shape index (κ3) is 3.10. The lowest BCUT2D eigenvalue weighted by Gasteiger charge is -2.21. The number of aromatic nitrogens is 1. The Balaban J connectivity index is 2.14. The summed E-state index contributed by atoms with van der Waals surface area (Å²) in [5, 5.41) is 0. The fraction of sp³-hybridized carbons (Fsp3) is 0.600. The van der Waals surface area contributed by atoms with E-state index in [1.54, 1.807) is 11.1 Å². The van der Waals surface area contributed by atoms with Gasteiger partial charge in [0.05, 0.1) is 0 Å². The molecule has 0 radical (unpaired) electrons. The van der Waals surface area contributed by atoms with E-state index in [9.17, 15) is 4.79 Å². The van der Waals surface area contributed by atoms with Crippen LogP contribution in [0.25, 0.3) is 0 Å². The van der Waals surface area contributed by atoms with Gasteiger partial charge in [0.1, 0.15) is 5.69 Å². The van der Waals surface area contributed by atoms with E-state index in [0.717, 1.165) is 31.7 Å². The summed E-state index contributed by atoms with van der Waals surface area (Å²) in [6.45, 7) is 8.09. The fourth-order valence-corrected chi connectivity index (χ4v) is 2.67. The van der Waals surface area contributed by atoms with Crippen LogP contribution in [-0.2, 0) is 0 Å². The molecule has 1 aliphatic heterocycles. The van der Waals surface area contributed by atoms with Gasteiger partial charge in [-0.15, -0.1) is 0 Å². The van der Waals surface area contributed by atoms with Crippen LogP contribution in [0.2, 0.25) is 0 Å². The number of nitrogens with two attached hydrogens (primary N) is 1. The molecular weight excluding hydrogens is 252 g/mol. The minimum Gasteiger partial charge on any atom is -0.371 e. The molecule has 1 aromatic heterocycles. The van der Waals surface area contributed by atoms with E-state index in [4.69, 9.17) is 5.73 Å². The molecule has 2 N–H and O–H groups in total. The molecule has 110 valence electrons. The Hall–Kier alpha value is -1.62. The summed E-state index contributed by atoms with van der Waals surface area (Å²) in [6, 6.07) is 3.87. The van der Waals surface area contributed by atoms with Gasteiger partial charge in [-0.1, -0.05) is 0 Å². The monoisotopic (exact) mass is 276 g/mol. The maximum absolute atomic E-state index is 12.3. The summed E-state index contributed by atoms with van der Waals surface area (Å²) in [4.78, 5) is 20.6. The van der Waals surface area contributed by atoms with E-state index in [1.165, 1.54) is 0 Å². The number of amides is 1. The van der Waals surface area contributed by atoms with E-state index in [-0.39, 0.29) is 5.91 Å². The highest BCUT2D eigenvalue weighted by molar-refractivity contribution is 5.93. The van der Waals surface area contributed by atoms with Gasteiger partial charge >= 0.3 is 0 Å². The number of hydrogen-bond acceptors (Lipinski definition) is 4. The molecule has 20 heavy (non-hydrogen) atoms. The Bertz CT molecular complexity index is 459. The lowest BCUT2D eigenvalue weighted by Crippen LogP contribution is -2.31. The van der Waals surface area contributed by atoms with E-state index in [2.05, 4.69) is 9.88 Å². The maximum atomic E-state index is 12.3. The maximum Gasteiger partial charge on any atom is 0.272 e. The Kier molecular flexibility index (Phi) is 4.95. The first kappa shape index (κ1) is 14.8. The van der Waals surface area contributed by atoms with Crippen molar-refractivity contribution in [3.05, 3.63) is 24.0 Å². The molecular formula is C15H24N4O. The summed E-state index contributed by atoms with van der Waals surface area (Å²) >= 11 is 0. The molecule has 1 saturated heterocycles. The van der Waals surface area contributed by atoms with E-state index in [1.807, 2.05) is 26.0 Å². The zero-order valence-electron chi connectivity index (χ0n) is 12.4. The van der Waals surface area contributed by atoms with Gasteiger partial charge < -0.3 is 15.5 Å². The number of anilines is 1. The van der Waals surface area contributed by atoms with Gasteiger partial charge in [0.15, 0.2) is 0 Å². The molecule has 0 aliphatic carbocycles. The van der Waals surface area contributed by atoms with Crippen LogP contribution >= 0.6 is 0 Å². The molecule has 0 bridgehead atoms. The highest BCUT2D eigenvalue weighted by Gasteiger charge is 2.22. The second kappa shape index (κ2) is 6.70. The van der Waals surface area contributed by atoms with Crippen molar-refractivity contribution in [1.82, 2.24) is 9.88 Å². The predicted octanol–water partition coefficient (Wildman–Crippen LogP) is 1.35. The highest BCUT2D eigenvalue weighted by Crippen LogP contribution is 2.23. The lowest BCUT2D eigenvalue weighted by molar-refractivity contribution is 0.0767. The molecule has 1 fully saturated rings. The van der Waals surface area contributed by atoms with E-state index >= 15 is 0 Å². The number of carbonyl (C=O) groups is 1. The quantitative estimate of drug-likeness (QED) is 0.882. The summed E-state index contributed by atoms with van der Waals surface area (Å²) in [5.74, 6) is 0.566. The molecule has 2 heterocycles. The standard InChI is InChI=1S/C15H24N4O/c1-3-18(4-2)15(20)14-9-13(5-7-17-14)19-8-6-12(10-16)11-19/h5,7,9,12H,3-4,6,8,10-11,16H2,1-2H3. The zero-order valence-corrected chi connectivity index (χ0v) is 12.4. The summed E-state index contributed by atoms with van der Waals surface area (Å²) in [6.07, 6.45) is 2.85. The summed E-state index contributed by atoms with van der Waals surface area (Å²) in [7, 11) is 0. The third-order valence-corrected chi connectivity index (χ3v) is 4.00. The molecule has 1 atom stereocenters. The Morgan fingerprint density at radius 1 is 1.50 bits per heavy atom. The van der Waals surface area contributed by atoms with Crippen LogP contribution in [0, 0.1) is 5.92 Å². The van der Waals surface area contributed by atoms with Crippen molar-refractivity contribution < 1.29 is 4.79 Å². The van der Waals surface area contributed by atoms with Crippen LogP contribution in [0.1, 0.15) is 30.8 Å². The van der Waals surface area contributed by atoms with E-state index in [0.29, 0.717) is 24.7 Å². The minimum absolute atomic E-state index is 0.00595. The highest BCUT2D eigenvalue weighted by atomic mass is 16.2. The minimum atomic E-state index is 0.00595. The topological polar surface area (TPSA) is 62.5 Å². The second-order valence-electron chi connectivity index (χ2n) is 5.21. The van der Waals surface area contributed by atoms with Crippen LogP contribution in [0.5, 0.6) is 0 Å². The lowest BCUT2D eigenvalue weighted by atomic mass is 10.1. The molecule has 2 rings (SSSR count). The molecule has 5 heteroatoms. The van der Waals surface area contributed by atoms with Gasteiger partial charge in [-0.05, 0) is 44.9 Å². The van der Waals surface area contributed by atoms with Crippen molar-refractivity contribution in [3.63, 3.8) is 0 Å². The normalized spacial score (nSPS) is 18.4. The van der Waals surface area contributed by atoms with Crippen molar-refractivity contribution in [2.24, 2.45) is 11.7 Å². The van der Waals surface area contributed by atoms with Crippen molar-refractivity contribution in [1.29, 1.82) is 0 Å². The SMILES string of the molecule is CCN(CC)C(=O)c1cc(N2CCC(CN)C2)ccn1. The van der Waals surface area contributed by atoms with Crippen LogP contribution in [-0.4, -0.2) is 48.5 Å². The summed E-state index contributed by atoms with van der Waals surface area (Å²) < 4.78 is 0. The second-order valence-corrected chi connectivity index (χ2v) is 5.21. The molecule has 0 saturated carbocycles. The first-order valence-corrected chi connectivity index (χ1v) is 7.39. The van der Waals surface area contributed by atoms with Crippen LogP contribution in [0.15, 0.2) is 18.3 Å². The number of carbonyl (C=O) groups excluding carboxylic acids is 1. The van der Waals surface area contributed by atoms with Crippen molar-refractivity contribution in [2.45, 2.75) is 20.3 Å². The molecule has 1 aromatic rings. The first-order valence-electron chi connectivity index (χ1n) is 7.39. The van der Waals surface area contributed by atoms with Gasteiger partial charge in [-0.2, -0.15) is 0 Å². The van der Waals surface area contributed by atoms with Gasteiger partial charge in [0.2, 0.25) is 0 Å². The van der Waals surface area contributed by atoms with Gasteiger partial charge in [-0.3, -0.25) is 9.78 Å². The Morgan fingerprint density at radius 3 is 2.85 bits per heavy atom. The number of nitrogens with zero attached hydrogens (tertiary/aromatic N) is 3. The molecule has 0 spiro atoms. The average molecular weight is 276 g/mol. The smallest absolute Gasteiger partial charge is 0.272 e. The fourth-order valence-electron chi connectivity index (χ4n) is 2.67. The van der Waals surface area contributed by atoms with Crippen molar-refractivity contribution >= 4 is 11.6 Å². The van der Waals surface area contributed by atoms with Crippen LogP contribution < -0.4 is 10.6 Å². The number of hydrogen-bond donors (Lipinski definition) is 1. The summed E-state index contributed by atoms with van der Waals surface area (Å²) in [5.41, 5.74) is 7.33. The van der Waals surface area contributed by atoms with Crippen LogP contribution in [0.3, 0.4) is 0 Å². The van der Waals surface area contributed by atoms with Gasteiger partial charge in [0.25, 0.3) is 5.91 Å². The number of pyridine rings is 1. The average Bonchev–Trinajstić information content (AvgIpc) is 2.97. The molecule has 0 aromatic carbocycles.